The average molecular weight is 384 g/mol. The highest BCUT2D eigenvalue weighted by Crippen LogP contribution is 2.11. The van der Waals surface area contributed by atoms with E-state index >= 15 is 0 Å². The molecule has 0 unspecified atom stereocenters. The molecular formula is C17H24N2O8. The molecule has 0 bridgehead atoms. The summed E-state index contributed by atoms with van der Waals surface area (Å²) in [4.78, 5) is 51.3. The lowest BCUT2D eigenvalue weighted by Crippen LogP contribution is -2.08. The predicted molar refractivity (Wildman–Crippen MR) is 95.5 cm³/mol. The molecule has 0 aliphatic heterocycles. The van der Waals surface area contributed by atoms with Gasteiger partial charge >= 0.3 is 17.9 Å². The third-order valence-corrected chi connectivity index (χ3v) is 2.67. The number of primary amides is 2. The van der Waals surface area contributed by atoms with E-state index in [4.69, 9.17) is 26.8 Å². The lowest BCUT2D eigenvalue weighted by Gasteiger charge is -2.00. The summed E-state index contributed by atoms with van der Waals surface area (Å²) in [5.74, 6) is -4.54. The molecular weight excluding hydrogens is 360 g/mol. The Bertz CT molecular complexity index is 591. The summed E-state index contributed by atoms with van der Waals surface area (Å²) < 4.78 is 0. The SMILES string of the molecule is CCCC(N)=O.CCCC(N)=O.O=C(O)c1cc(C(=O)O)cc(C(=O)O)c1. The fourth-order valence-electron chi connectivity index (χ4n) is 1.49. The van der Waals surface area contributed by atoms with E-state index in [1.54, 1.807) is 0 Å². The number of aromatic carboxylic acids is 3. The lowest BCUT2D eigenvalue weighted by atomic mass is 10.1. The molecule has 27 heavy (non-hydrogen) atoms. The van der Waals surface area contributed by atoms with Crippen molar-refractivity contribution in [1.29, 1.82) is 0 Å². The summed E-state index contributed by atoms with van der Waals surface area (Å²) in [6.45, 7) is 3.84. The monoisotopic (exact) mass is 384 g/mol. The molecule has 1 aromatic rings. The van der Waals surface area contributed by atoms with Gasteiger partial charge in [0.15, 0.2) is 0 Å². The maximum Gasteiger partial charge on any atom is 0.335 e. The molecule has 0 radical (unpaired) electrons. The molecule has 1 aromatic carbocycles. The normalized spacial score (nSPS) is 8.96. The van der Waals surface area contributed by atoms with Crippen LogP contribution in [-0.2, 0) is 9.59 Å². The quantitative estimate of drug-likeness (QED) is 0.463. The zero-order valence-electron chi connectivity index (χ0n) is 15.1. The van der Waals surface area contributed by atoms with Gasteiger partial charge in [-0.3, -0.25) is 9.59 Å². The number of carboxylic acids is 3. The molecule has 0 saturated carbocycles. The third-order valence-electron chi connectivity index (χ3n) is 2.67. The topological polar surface area (TPSA) is 198 Å². The first kappa shape index (κ1) is 25.8. The Hall–Kier alpha value is -3.43. The van der Waals surface area contributed by atoms with E-state index in [1.807, 2.05) is 13.8 Å². The molecule has 7 N–H and O–H groups in total. The molecule has 0 aliphatic carbocycles. The highest BCUT2D eigenvalue weighted by atomic mass is 16.4. The van der Waals surface area contributed by atoms with E-state index < -0.39 is 17.9 Å². The minimum Gasteiger partial charge on any atom is -0.478 e. The summed E-state index contributed by atoms with van der Waals surface area (Å²) in [5.41, 5.74) is 8.42. The van der Waals surface area contributed by atoms with Crippen molar-refractivity contribution in [2.24, 2.45) is 11.5 Å². The Kier molecular flexibility index (Phi) is 13.2. The van der Waals surface area contributed by atoms with Gasteiger partial charge < -0.3 is 26.8 Å². The number of carboxylic acid groups (broad SMARTS) is 3. The first-order valence-corrected chi connectivity index (χ1v) is 7.87. The summed E-state index contributed by atoms with van der Waals surface area (Å²) in [5, 5.41) is 25.8. The highest BCUT2D eigenvalue weighted by Gasteiger charge is 2.14. The first-order chi connectivity index (χ1) is 12.5. The van der Waals surface area contributed by atoms with Crippen LogP contribution in [0.2, 0.25) is 0 Å². The molecule has 0 fully saturated rings. The van der Waals surface area contributed by atoms with E-state index in [2.05, 4.69) is 0 Å². The number of carbonyl (C=O) groups is 5. The summed E-state index contributed by atoms with van der Waals surface area (Å²) in [6.07, 6.45) is 2.74. The molecule has 0 heterocycles. The van der Waals surface area contributed by atoms with Crippen LogP contribution in [0.15, 0.2) is 18.2 Å². The average Bonchev–Trinajstić information content (AvgIpc) is 2.55. The number of nitrogens with two attached hydrogens (primary N) is 2. The van der Waals surface area contributed by atoms with Gasteiger partial charge in [-0.1, -0.05) is 13.8 Å². The van der Waals surface area contributed by atoms with Crippen LogP contribution in [0, 0.1) is 0 Å². The molecule has 0 aromatic heterocycles. The van der Waals surface area contributed by atoms with E-state index in [-0.39, 0.29) is 28.5 Å². The minimum atomic E-state index is -1.37. The van der Waals surface area contributed by atoms with Crippen molar-refractivity contribution in [3.05, 3.63) is 34.9 Å². The first-order valence-electron chi connectivity index (χ1n) is 7.87. The molecule has 2 amide bonds. The smallest absolute Gasteiger partial charge is 0.335 e. The van der Waals surface area contributed by atoms with Gasteiger partial charge in [0.2, 0.25) is 11.8 Å². The zero-order valence-corrected chi connectivity index (χ0v) is 15.1. The van der Waals surface area contributed by atoms with Crippen molar-refractivity contribution in [2.45, 2.75) is 39.5 Å². The Balaban J connectivity index is 0. The molecule has 0 spiro atoms. The molecule has 0 saturated heterocycles. The minimum absolute atomic E-state index is 0.211. The van der Waals surface area contributed by atoms with Crippen molar-refractivity contribution in [2.75, 3.05) is 0 Å². The molecule has 150 valence electrons. The molecule has 10 nitrogen and oxygen atoms in total. The largest absolute Gasteiger partial charge is 0.478 e. The highest BCUT2D eigenvalue weighted by molar-refractivity contribution is 5.98. The Morgan fingerprint density at radius 3 is 0.963 bits per heavy atom. The Labute approximate surface area is 155 Å². The second-order valence-electron chi connectivity index (χ2n) is 5.15. The van der Waals surface area contributed by atoms with Crippen molar-refractivity contribution in [1.82, 2.24) is 0 Å². The van der Waals surface area contributed by atoms with Crippen LogP contribution in [0.25, 0.3) is 0 Å². The lowest BCUT2D eigenvalue weighted by molar-refractivity contribution is -0.118. The van der Waals surface area contributed by atoms with Gasteiger partial charge in [-0.05, 0) is 31.0 Å². The number of hydrogen-bond acceptors (Lipinski definition) is 5. The molecule has 10 heteroatoms. The molecule has 0 aliphatic rings. The van der Waals surface area contributed by atoms with Gasteiger partial charge in [-0.2, -0.15) is 0 Å². The second-order valence-corrected chi connectivity index (χ2v) is 5.15. The Morgan fingerprint density at radius 1 is 0.667 bits per heavy atom. The van der Waals surface area contributed by atoms with Crippen LogP contribution in [-0.4, -0.2) is 45.0 Å². The van der Waals surface area contributed by atoms with Gasteiger partial charge in [0, 0.05) is 12.8 Å². The molecule has 0 atom stereocenters. The van der Waals surface area contributed by atoms with Crippen molar-refractivity contribution in [3.63, 3.8) is 0 Å². The number of hydrogen-bond donors (Lipinski definition) is 5. The van der Waals surface area contributed by atoms with Gasteiger partial charge in [-0.15, -0.1) is 0 Å². The van der Waals surface area contributed by atoms with Gasteiger partial charge in [0.25, 0.3) is 0 Å². The standard InChI is InChI=1S/C9H6O6.2C4H9NO/c10-7(11)4-1-5(8(12)13)3-6(2-4)9(14)15;2*1-2-3-4(5)6/h1-3H,(H,10,11)(H,12,13)(H,14,15);2*2-3H2,1H3,(H2,5,6). The summed E-state index contributed by atoms with van der Waals surface area (Å²) in [6, 6.07) is 2.70. The third kappa shape index (κ3) is 13.5. The van der Waals surface area contributed by atoms with Crippen molar-refractivity contribution < 1.29 is 39.3 Å². The predicted octanol–water partition coefficient (Wildman–Crippen LogP) is 1.32. The maximum absolute atomic E-state index is 10.6. The van der Waals surface area contributed by atoms with Gasteiger partial charge in [0.05, 0.1) is 16.7 Å². The van der Waals surface area contributed by atoms with E-state index in [0.29, 0.717) is 12.8 Å². The second kappa shape index (κ2) is 13.8. The van der Waals surface area contributed by atoms with Crippen LogP contribution in [0.3, 0.4) is 0 Å². The van der Waals surface area contributed by atoms with Crippen LogP contribution in [0.4, 0.5) is 0 Å². The van der Waals surface area contributed by atoms with Crippen molar-refractivity contribution in [3.8, 4) is 0 Å². The van der Waals surface area contributed by atoms with E-state index in [0.717, 1.165) is 31.0 Å². The summed E-state index contributed by atoms with van der Waals surface area (Å²) in [7, 11) is 0. The fourth-order valence-corrected chi connectivity index (χ4v) is 1.49. The van der Waals surface area contributed by atoms with Crippen LogP contribution < -0.4 is 11.5 Å². The number of rotatable bonds is 7. The zero-order chi connectivity index (χ0) is 21.6. The maximum atomic E-state index is 10.6. The summed E-state index contributed by atoms with van der Waals surface area (Å²) >= 11 is 0. The number of amides is 2. The Morgan fingerprint density at radius 2 is 0.889 bits per heavy atom. The number of carbonyl (C=O) groups excluding carboxylic acids is 2. The van der Waals surface area contributed by atoms with Gasteiger partial charge in [-0.25, -0.2) is 14.4 Å². The van der Waals surface area contributed by atoms with E-state index in [1.165, 1.54) is 0 Å². The van der Waals surface area contributed by atoms with Crippen LogP contribution in [0.1, 0.15) is 70.6 Å². The number of benzene rings is 1. The van der Waals surface area contributed by atoms with Crippen molar-refractivity contribution >= 4 is 29.7 Å². The van der Waals surface area contributed by atoms with Crippen LogP contribution >= 0.6 is 0 Å². The fraction of sp³-hybridized carbons (Fsp3) is 0.353. The molecule has 1 rings (SSSR count). The van der Waals surface area contributed by atoms with Gasteiger partial charge in [0.1, 0.15) is 0 Å². The van der Waals surface area contributed by atoms with Crippen LogP contribution in [0.5, 0.6) is 0 Å². The van der Waals surface area contributed by atoms with E-state index in [9.17, 15) is 24.0 Å².